The lowest BCUT2D eigenvalue weighted by Crippen LogP contribution is -2.25. The lowest BCUT2D eigenvalue weighted by molar-refractivity contribution is 0.536. The summed E-state index contributed by atoms with van der Waals surface area (Å²) in [5.74, 6) is 0. The molecule has 0 saturated carbocycles. The van der Waals surface area contributed by atoms with Gasteiger partial charge in [-0.15, -0.1) is 11.8 Å². The van der Waals surface area contributed by atoms with Crippen LogP contribution in [0, 0.1) is 0 Å². The van der Waals surface area contributed by atoms with Crippen LogP contribution in [0.5, 0.6) is 0 Å². The van der Waals surface area contributed by atoms with E-state index in [2.05, 4.69) is 75.4 Å². The number of hydrogen-bond acceptors (Lipinski definition) is 3. The number of nitrogens with zero attached hydrogens (tertiary/aromatic N) is 2. The Bertz CT molecular complexity index is 568. The summed E-state index contributed by atoms with van der Waals surface area (Å²) in [7, 11) is 0. The summed E-state index contributed by atoms with van der Waals surface area (Å²) >= 11 is 5.42. The lowest BCUT2D eigenvalue weighted by atomic mass is 10.0. The van der Waals surface area contributed by atoms with E-state index in [9.17, 15) is 0 Å². The normalized spacial score (nSPS) is 12.6. The van der Waals surface area contributed by atoms with Gasteiger partial charge in [0.1, 0.15) is 0 Å². The molecular weight excluding hydrogens is 334 g/mol. The largest absolute Gasteiger partial charge is 0.305 e. The van der Waals surface area contributed by atoms with Crippen LogP contribution in [-0.4, -0.2) is 22.6 Å². The van der Waals surface area contributed by atoms with E-state index in [1.807, 2.05) is 6.20 Å². The second kappa shape index (κ2) is 7.29. The summed E-state index contributed by atoms with van der Waals surface area (Å²) in [5, 5.41) is 8.03. The van der Waals surface area contributed by atoms with Crippen LogP contribution in [0.1, 0.15) is 31.1 Å². The molecule has 5 heteroatoms. The molecule has 108 valence electrons. The molecule has 1 unspecified atom stereocenters. The fraction of sp³-hybridized carbons (Fsp3) is 0.400. The van der Waals surface area contributed by atoms with E-state index in [0.717, 1.165) is 17.6 Å². The van der Waals surface area contributed by atoms with Crippen molar-refractivity contribution in [2.45, 2.75) is 31.3 Å². The van der Waals surface area contributed by atoms with Crippen molar-refractivity contribution < 1.29 is 0 Å². The zero-order chi connectivity index (χ0) is 14.5. The quantitative estimate of drug-likeness (QED) is 0.793. The van der Waals surface area contributed by atoms with Crippen LogP contribution in [-0.2, 0) is 6.54 Å². The smallest absolute Gasteiger partial charge is 0.0770 e. The summed E-state index contributed by atoms with van der Waals surface area (Å²) in [6.07, 6.45) is 4.00. The number of hydrogen-bond donors (Lipinski definition) is 1. The predicted molar refractivity (Wildman–Crippen MR) is 89.3 cm³/mol. The SMILES string of the molecule is CCNC(c1ccccc1SC)c1c(Br)cnn1CC. The van der Waals surface area contributed by atoms with Crippen molar-refractivity contribution in [2.75, 3.05) is 12.8 Å². The van der Waals surface area contributed by atoms with Gasteiger partial charge in [0.05, 0.1) is 22.4 Å². The maximum absolute atomic E-state index is 4.44. The molecule has 0 saturated heterocycles. The van der Waals surface area contributed by atoms with E-state index in [1.54, 1.807) is 11.8 Å². The Morgan fingerprint density at radius 3 is 2.75 bits per heavy atom. The van der Waals surface area contributed by atoms with Gasteiger partial charge in [-0.25, -0.2) is 0 Å². The summed E-state index contributed by atoms with van der Waals surface area (Å²) in [5.41, 5.74) is 2.49. The minimum absolute atomic E-state index is 0.153. The third kappa shape index (κ3) is 3.10. The molecule has 1 N–H and O–H groups in total. The molecule has 1 aromatic heterocycles. The van der Waals surface area contributed by atoms with Crippen LogP contribution < -0.4 is 5.32 Å². The van der Waals surface area contributed by atoms with Crippen LogP contribution in [0.25, 0.3) is 0 Å². The van der Waals surface area contributed by atoms with Gasteiger partial charge in [-0.1, -0.05) is 25.1 Å². The van der Waals surface area contributed by atoms with E-state index in [-0.39, 0.29) is 6.04 Å². The van der Waals surface area contributed by atoms with E-state index in [0.29, 0.717) is 0 Å². The van der Waals surface area contributed by atoms with Crippen molar-refractivity contribution in [2.24, 2.45) is 0 Å². The van der Waals surface area contributed by atoms with Crippen LogP contribution in [0.15, 0.2) is 39.8 Å². The van der Waals surface area contributed by atoms with Crippen LogP contribution in [0.4, 0.5) is 0 Å². The molecule has 20 heavy (non-hydrogen) atoms. The second-order valence-electron chi connectivity index (χ2n) is 4.43. The molecule has 2 aromatic rings. The number of rotatable bonds is 6. The highest BCUT2D eigenvalue weighted by molar-refractivity contribution is 9.10. The molecule has 0 amide bonds. The number of aromatic nitrogens is 2. The molecular formula is C15H20BrN3S. The van der Waals surface area contributed by atoms with Gasteiger partial charge in [0, 0.05) is 11.4 Å². The van der Waals surface area contributed by atoms with Gasteiger partial charge in [-0.05, 0) is 47.3 Å². The molecule has 0 bridgehead atoms. The maximum Gasteiger partial charge on any atom is 0.0770 e. The van der Waals surface area contributed by atoms with Gasteiger partial charge in [0.2, 0.25) is 0 Å². The molecule has 1 atom stereocenters. The molecule has 0 spiro atoms. The van der Waals surface area contributed by atoms with E-state index in [4.69, 9.17) is 0 Å². The average molecular weight is 354 g/mol. The first-order valence-corrected chi connectivity index (χ1v) is 8.82. The van der Waals surface area contributed by atoms with Gasteiger partial charge in [-0.3, -0.25) is 4.68 Å². The Kier molecular flexibility index (Phi) is 5.69. The van der Waals surface area contributed by atoms with Crippen molar-refractivity contribution in [1.29, 1.82) is 0 Å². The fourth-order valence-electron chi connectivity index (χ4n) is 2.37. The Labute approximate surface area is 133 Å². The lowest BCUT2D eigenvalue weighted by Gasteiger charge is -2.22. The fourth-order valence-corrected chi connectivity index (χ4v) is 3.54. The van der Waals surface area contributed by atoms with Gasteiger partial charge in [-0.2, -0.15) is 5.10 Å². The third-order valence-corrected chi connectivity index (χ3v) is 4.69. The third-order valence-electron chi connectivity index (χ3n) is 3.26. The Balaban J connectivity index is 2.53. The molecule has 2 rings (SSSR count). The van der Waals surface area contributed by atoms with Gasteiger partial charge >= 0.3 is 0 Å². The van der Waals surface area contributed by atoms with Crippen molar-refractivity contribution in [3.63, 3.8) is 0 Å². The average Bonchev–Trinajstić information content (AvgIpc) is 2.85. The first-order valence-electron chi connectivity index (χ1n) is 6.80. The highest BCUT2D eigenvalue weighted by Gasteiger charge is 2.22. The molecule has 0 aliphatic rings. The zero-order valence-corrected chi connectivity index (χ0v) is 14.5. The number of nitrogens with one attached hydrogen (secondary N) is 1. The Hall–Kier alpha value is -0.780. The maximum atomic E-state index is 4.44. The van der Waals surface area contributed by atoms with Crippen LogP contribution >= 0.6 is 27.7 Å². The van der Waals surface area contributed by atoms with E-state index < -0.39 is 0 Å². The van der Waals surface area contributed by atoms with Gasteiger partial charge < -0.3 is 5.32 Å². The number of thioether (sulfide) groups is 1. The van der Waals surface area contributed by atoms with E-state index >= 15 is 0 Å². The monoisotopic (exact) mass is 353 g/mol. The highest BCUT2D eigenvalue weighted by Crippen LogP contribution is 2.33. The molecule has 3 nitrogen and oxygen atoms in total. The van der Waals surface area contributed by atoms with Crippen molar-refractivity contribution >= 4 is 27.7 Å². The van der Waals surface area contributed by atoms with Crippen molar-refractivity contribution in [3.05, 3.63) is 46.2 Å². The van der Waals surface area contributed by atoms with E-state index in [1.165, 1.54) is 16.2 Å². The predicted octanol–water partition coefficient (Wildman–Crippen LogP) is 4.09. The van der Waals surface area contributed by atoms with Crippen LogP contribution in [0.3, 0.4) is 0 Å². The Morgan fingerprint density at radius 2 is 2.10 bits per heavy atom. The molecule has 0 radical (unpaired) electrons. The van der Waals surface area contributed by atoms with Crippen LogP contribution in [0.2, 0.25) is 0 Å². The molecule has 0 aliphatic heterocycles. The number of aryl methyl sites for hydroxylation is 1. The first-order chi connectivity index (χ1) is 9.72. The van der Waals surface area contributed by atoms with Gasteiger partial charge in [0.25, 0.3) is 0 Å². The summed E-state index contributed by atoms with van der Waals surface area (Å²) < 4.78 is 3.11. The van der Waals surface area contributed by atoms with Crippen molar-refractivity contribution in [3.8, 4) is 0 Å². The summed E-state index contributed by atoms with van der Waals surface area (Å²) in [6, 6.07) is 8.70. The minimum Gasteiger partial charge on any atom is -0.305 e. The number of benzene rings is 1. The standard InChI is InChI=1S/C15H20BrN3S/c1-4-17-14(11-8-6-7-9-13(11)20-3)15-12(16)10-18-19(15)5-2/h6-10,14,17H,4-5H2,1-3H3. The molecule has 0 fully saturated rings. The van der Waals surface area contributed by atoms with Gasteiger partial charge in [0.15, 0.2) is 0 Å². The second-order valence-corrected chi connectivity index (χ2v) is 6.13. The minimum atomic E-state index is 0.153. The Morgan fingerprint density at radius 1 is 1.35 bits per heavy atom. The first kappa shape index (κ1) is 15.6. The number of halogens is 1. The topological polar surface area (TPSA) is 29.9 Å². The van der Waals surface area contributed by atoms with Crippen molar-refractivity contribution in [1.82, 2.24) is 15.1 Å². The molecule has 1 heterocycles. The zero-order valence-electron chi connectivity index (χ0n) is 12.1. The molecule has 1 aromatic carbocycles. The highest BCUT2D eigenvalue weighted by atomic mass is 79.9. The summed E-state index contributed by atoms with van der Waals surface area (Å²) in [6.45, 7) is 6.03. The summed E-state index contributed by atoms with van der Waals surface area (Å²) in [4.78, 5) is 1.30. The molecule has 0 aliphatic carbocycles.